The van der Waals surface area contributed by atoms with E-state index < -0.39 is 12.0 Å². The molecular formula is C14H17NO3. The van der Waals surface area contributed by atoms with E-state index in [2.05, 4.69) is 5.32 Å². The van der Waals surface area contributed by atoms with Crippen LogP contribution < -0.4 is 5.32 Å². The van der Waals surface area contributed by atoms with Crippen LogP contribution in [0.2, 0.25) is 0 Å². The fourth-order valence-corrected chi connectivity index (χ4v) is 2.25. The monoisotopic (exact) mass is 247 g/mol. The smallest absolute Gasteiger partial charge is 0.305 e. The van der Waals surface area contributed by atoms with Gasteiger partial charge in [0.2, 0.25) is 5.91 Å². The topological polar surface area (TPSA) is 66.4 Å². The van der Waals surface area contributed by atoms with Crippen molar-refractivity contribution in [1.29, 1.82) is 0 Å². The van der Waals surface area contributed by atoms with Crippen molar-refractivity contribution in [2.45, 2.75) is 38.1 Å². The summed E-state index contributed by atoms with van der Waals surface area (Å²) in [5, 5.41) is 11.7. The minimum absolute atomic E-state index is 0.0800. The minimum Gasteiger partial charge on any atom is -0.481 e. The number of nitrogens with one attached hydrogen (secondary N) is 1. The van der Waals surface area contributed by atoms with Crippen molar-refractivity contribution < 1.29 is 14.7 Å². The van der Waals surface area contributed by atoms with E-state index in [9.17, 15) is 9.59 Å². The van der Waals surface area contributed by atoms with Crippen molar-refractivity contribution in [3.05, 3.63) is 35.4 Å². The fourth-order valence-electron chi connectivity index (χ4n) is 2.25. The van der Waals surface area contributed by atoms with Crippen LogP contribution in [0.4, 0.5) is 0 Å². The molecule has 0 aliphatic heterocycles. The molecule has 2 rings (SSSR count). The predicted octanol–water partition coefficient (Wildman–Crippen LogP) is 2.22. The van der Waals surface area contributed by atoms with Crippen LogP contribution in [0.25, 0.3) is 0 Å². The van der Waals surface area contributed by atoms with E-state index in [-0.39, 0.29) is 12.3 Å². The molecule has 1 amide bonds. The molecule has 18 heavy (non-hydrogen) atoms. The fraction of sp³-hybridized carbons (Fsp3) is 0.429. The summed E-state index contributed by atoms with van der Waals surface area (Å²) in [5.74, 6) is -0.572. The number of hydrogen-bond donors (Lipinski definition) is 2. The Morgan fingerprint density at radius 2 is 2.06 bits per heavy atom. The number of aliphatic carboxylic acids is 1. The van der Waals surface area contributed by atoms with E-state index >= 15 is 0 Å². The quantitative estimate of drug-likeness (QED) is 0.838. The van der Waals surface area contributed by atoms with Gasteiger partial charge in [0.05, 0.1) is 12.5 Å². The molecule has 1 atom stereocenters. The van der Waals surface area contributed by atoms with E-state index in [0.29, 0.717) is 5.92 Å². The number of benzene rings is 1. The zero-order chi connectivity index (χ0) is 13.1. The van der Waals surface area contributed by atoms with Crippen LogP contribution in [-0.2, 0) is 9.59 Å². The molecule has 1 aromatic carbocycles. The first-order valence-corrected chi connectivity index (χ1v) is 6.15. The summed E-state index contributed by atoms with van der Waals surface area (Å²) in [6, 6.07) is 7.36. The van der Waals surface area contributed by atoms with Gasteiger partial charge in [-0.15, -0.1) is 0 Å². The van der Waals surface area contributed by atoms with E-state index in [1.807, 2.05) is 24.3 Å². The second kappa shape index (κ2) is 5.21. The molecule has 0 unspecified atom stereocenters. The van der Waals surface area contributed by atoms with Crippen molar-refractivity contribution >= 4 is 11.9 Å². The van der Waals surface area contributed by atoms with Crippen molar-refractivity contribution in [1.82, 2.24) is 5.32 Å². The lowest BCUT2D eigenvalue weighted by molar-refractivity contribution is -0.137. The molecule has 2 N–H and O–H groups in total. The first-order chi connectivity index (χ1) is 8.58. The number of carboxylic acids is 1. The maximum absolute atomic E-state index is 11.2. The highest BCUT2D eigenvalue weighted by Gasteiger charge is 2.29. The lowest BCUT2D eigenvalue weighted by atomic mass is 9.95. The molecule has 0 bridgehead atoms. The Labute approximate surface area is 106 Å². The van der Waals surface area contributed by atoms with Gasteiger partial charge in [-0.3, -0.25) is 9.59 Å². The molecule has 0 heterocycles. The summed E-state index contributed by atoms with van der Waals surface area (Å²) in [5.41, 5.74) is 2.12. The molecule has 0 radical (unpaired) electrons. The van der Waals surface area contributed by atoms with Gasteiger partial charge in [-0.1, -0.05) is 24.3 Å². The van der Waals surface area contributed by atoms with Gasteiger partial charge in [0, 0.05) is 6.92 Å². The molecule has 4 heteroatoms. The Kier molecular flexibility index (Phi) is 3.65. The number of hydrogen-bond acceptors (Lipinski definition) is 2. The zero-order valence-electron chi connectivity index (χ0n) is 10.3. The lowest BCUT2D eigenvalue weighted by Crippen LogP contribution is -2.28. The minimum atomic E-state index is -0.903. The van der Waals surface area contributed by atoms with Gasteiger partial charge in [-0.2, -0.15) is 0 Å². The number of carbonyl (C=O) groups excluding carboxylic acids is 1. The Morgan fingerprint density at radius 1 is 1.39 bits per heavy atom. The van der Waals surface area contributed by atoms with Gasteiger partial charge in [-0.05, 0) is 29.9 Å². The zero-order valence-corrected chi connectivity index (χ0v) is 10.3. The van der Waals surface area contributed by atoms with E-state index in [0.717, 1.165) is 18.4 Å². The van der Waals surface area contributed by atoms with E-state index in [4.69, 9.17) is 5.11 Å². The molecule has 1 fully saturated rings. The highest BCUT2D eigenvalue weighted by molar-refractivity contribution is 5.75. The third-order valence-electron chi connectivity index (χ3n) is 3.14. The molecule has 1 aromatic rings. The number of rotatable bonds is 5. The number of carbonyl (C=O) groups is 2. The third-order valence-corrected chi connectivity index (χ3v) is 3.14. The maximum atomic E-state index is 11.2. The van der Waals surface area contributed by atoms with Gasteiger partial charge in [0.1, 0.15) is 0 Å². The Balaban J connectivity index is 2.28. The summed E-state index contributed by atoms with van der Waals surface area (Å²) in [7, 11) is 0. The number of carboxylic acid groups (broad SMARTS) is 1. The molecule has 1 aliphatic rings. The van der Waals surface area contributed by atoms with Crippen LogP contribution in [0, 0.1) is 0 Å². The summed E-state index contributed by atoms with van der Waals surface area (Å²) < 4.78 is 0. The van der Waals surface area contributed by atoms with Crippen LogP contribution in [0.15, 0.2) is 24.3 Å². The normalized spacial score (nSPS) is 16.1. The van der Waals surface area contributed by atoms with Crippen LogP contribution in [-0.4, -0.2) is 17.0 Å². The van der Waals surface area contributed by atoms with Crippen LogP contribution in [0.3, 0.4) is 0 Å². The molecule has 1 aliphatic carbocycles. The Bertz CT molecular complexity index is 450. The molecule has 96 valence electrons. The van der Waals surface area contributed by atoms with Crippen molar-refractivity contribution in [2.75, 3.05) is 0 Å². The molecule has 4 nitrogen and oxygen atoms in total. The summed E-state index contributed by atoms with van der Waals surface area (Å²) >= 11 is 0. The van der Waals surface area contributed by atoms with Gasteiger partial charge < -0.3 is 10.4 Å². The Morgan fingerprint density at radius 3 is 2.61 bits per heavy atom. The van der Waals surface area contributed by atoms with Gasteiger partial charge >= 0.3 is 5.97 Å². The first-order valence-electron chi connectivity index (χ1n) is 6.15. The average molecular weight is 247 g/mol. The second-order valence-electron chi connectivity index (χ2n) is 4.75. The van der Waals surface area contributed by atoms with Gasteiger partial charge in [0.25, 0.3) is 0 Å². The van der Waals surface area contributed by atoms with Crippen molar-refractivity contribution in [3.63, 3.8) is 0 Å². The highest BCUT2D eigenvalue weighted by Crippen LogP contribution is 2.43. The van der Waals surface area contributed by atoms with Gasteiger partial charge in [-0.25, -0.2) is 0 Å². The molecule has 1 saturated carbocycles. The van der Waals surface area contributed by atoms with Crippen LogP contribution in [0.1, 0.15) is 49.3 Å². The standard InChI is InChI=1S/C14H17NO3/c1-9(16)15-13(8-14(17)18)12-5-3-2-4-11(12)10-6-7-10/h2-5,10,13H,6-8H2,1H3,(H,15,16)(H,17,18)/t13-/m0/s1. The molecular weight excluding hydrogens is 230 g/mol. The molecule has 0 spiro atoms. The summed E-state index contributed by atoms with van der Waals surface area (Å²) in [4.78, 5) is 22.1. The summed E-state index contributed by atoms with van der Waals surface area (Å²) in [6.45, 7) is 1.41. The lowest BCUT2D eigenvalue weighted by Gasteiger charge is -2.19. The largest absolute Gasteiger partial charge is 0.481 e. The SMILES string of the molecule is CC(=O)N[C@@H](CC(=O)O)c1ccccc1C1CC1. The van der Waals surface area contributed by atoms with E-state index in [1.165, 1.54) is 12.5 Å². The van der Waals surface area contributed by atoms with Crippen molar-refractivity contribution in [2.24, 2.45) is 0 Å². The van der Waals surface area contributed by atoms with E-state index in [1.54, 1.807) is 0 Å². The number of amides is 1. The first kappa shape index (κ1) is 12.6. The van der Waals surface area contributed by atoms with Gasteiger partial charge in [0.15, 0.2) is 0 Å². The van der Waals surface area contributed by atoms with Crippen LogP contribution >= 0.6 is 0 Å². The summed E-state index contributed by atoms with van der Waals surface area (Å²) in [6.07, 6.45) is 2.22. The highest BCUT2D eigenvalue weighted by atomic mass is 16.4. The second-order valence-corrected chi connectivity index (χ2v) is 4.75. The maximum Gasteiger partial charge on any atom is 0.305 e. The molecule has 0 aromatic heterocycles. The molecule has 0 saturated heterocycles. The Hall–Kier alpha value is -1.84. The van der Waals surface area contributed by atoms with Crippen LogP contribution in [0.5, 0.6) is 0 Å². The predicted molar refractivity (Wildman–Crippen MR) is 67.2 cm³/mol. The average Bonchev–Trinajstić information content (AvgIpc) is 3.10. The third kappa shape index (κ3) is 3.09. The van der Waals surface area contributed by atoms with Crippen molar-refractivity contribution in [3.8, 4) is 0 Å².